The SMILES string of the molecule is O=C(COC(=O)c1ccccc1[N+](=O)[O-])N[C@@H](c1ccc(F)cc1)c1cccs1. The number of nitrogens with one attached hydrogen (secondary N) is 1. The summed E-state index contributed by atoms with van der Waals surface area (Å²) < 4.78 is 18.2. The number of para-hydroxylation sites is 1. The summed E-state index contributed by atoms with van der Waals surface area (Å²) in [5.74, 6) is -1.97. The van der Waals surface area contributed by atoms with Crippen LogP contribution in [0.2, 0.25) is 0 Å². The summed E-state index contributed by atoms with van der Waals surface area (Å²) in [6.45, 7) is -0.617. The highest BCUT2D eigenvalue weighted by Crippen LogP contribution is 2.26. The molecule has 3 rings (SSSR count). The third kappa shape index (κ3) is 5.02. The molecule has 9 heteroatoms. The van der Waals surface area contributed by atoms with Crippen molar-refractivity contribution in [1.82, 2.24) is 5.32 Å². The molecule has 7 nitrogen and oxygen atoms in total. The lowest BCUT2D eigenvalue weighted by Crippen LogP contribution is -2.32. The summed E-state index contributed by atoms with van der Waals surface area (Å²) in [4.78, 5) is 35.6. The smallest absolute Gasteiger partial charge is 0.345 e. The molecule has 148 valence electrons. The molecular weight excluding hydrogens is 399 g/mol. The Labute approximate surface area is 168 Å². The number of thiophene rings is 1. The Kier molecular flexibility index (Phi) is 6.30. The van der Waals surface area contributed by atoms with Gasteiger partial charge in [-0.15, -0.1) is 11.3 Å². The van der Waals surface area contributed by atoms with E-state index in [1.165, 1.54) is 47.7 Å². The first-order chi connectivity index (χ1) is 14.0. The Balaban J connectivity index is 1.69. The number of esters is 1. The Hall–Kier alpha value is -3.59. The highest BCUT2D eigenvalue weighted by molar-refractivity contribution is 7.10. The van der Waals surface area contributed by atoms with Gasteiger partial charge in [-0.2, -0.15) is 0 Å². The summed E-state index contributed by atoms with van der Waals surface area (Å²) >= 11 is 1.41. The number of nitro groups is 1. The molecule has 1 heterocycles. The molecule has 0 radical (unpaired) electrons. The zero-order valence-electron chi connectivity index (χ0n) is 14.9. The number of halogens is 1. The molecule has 3 aromatic rings. The number of carbonyl (C=O) groups excluding carboxylic acids is 2. The van der Waals surface area contributed by atoms with Gasteiger partial charge >= 0.3 is 5.97 Å². The van der Waals surface area contributed by atoms with Crippen LogP contribution in [0.5, 0.6) is 0 Å². The van der Waals surface area contributed by atoms with Crippen LogP contribution in [0.25, 0.3) is 0 Å². The van der Waals surface area contributed by atoms with E-state index in [0.29, 0.717) is 5.56 Å². The van der Waals surface area contributed by atoms with Crippen LogP contribution in [-0.2, 0) is 9.53 Å². The van der Waals surface area contributed by atoms with Gasteiger partial charge in [0.05, 0.1) is 11.0 Å². The molecular formula is C20H15FN2O5S. The van der Waals surface area contributed by atoms with E-state index in [1.54, 1.807) is 12.1 Å². The van der Waals surface area contributed by atoms with Crippen LogP contribution < -0.4 is 5.32 Å². The van der Waals surface area contributed by atoms with Crippen molar-refractivity contribution in [2.24, 2.45) is 0 Å². The van der Waals surface area contributed by atoms with E-state index in [1.807, 2.05) is 17.5 Å². The van der Waals surface area contributed by atoms with Crippen LogP contribution in [0, 0.1) is 15.9 Å². The fraction of sp³-hybridized carbons (Fsp3) is 0.100. The van der Waals surface area contributed by atoms with Gasteiger partial charge in [-0.25, -0.2) is 9.18 Å². The average molecular weight is 414 g/mol. The van der Waals surface area contributed by atoms with Crippen molar-refractivity contribution in [1.29, 1.82) is 0 Å². The highest BCUT2D eigenvalue weighted by Gasteiger charge is 2.23. The number of rotatable bonds is 7. The van der Waals surface area contributed by atoms with Crippen LogP contribution in [-0.4, -0.2) is 23.4 Å². The fourth-order valence-electron chi connectivity index (χ4n) is 2.65. The molecule has 0 aliphatic rings. The molecule has 2 aromatic carbocycles. The number of nitrogens with zero attached hydrogens (tertiary/aromatic N) is 1. The number of ether oxygens (including phenoxy) is 1. The van der Waals surface area contributed by atoms with E-state index >= 15 is 0 Å². The summed E-state index contributed by atoms with van der Waals surface area (Å²) in [7, 11) is 0. The van der Waals surface area contributed by atoms with E-state index in [4.69, 9.17) is 4.74 Å². The molecule has 0 bridgehead atoms. The summed E-state index contributed by atoms with van der Waals surface area (Å²) in [5.41, 5.74) is 0.0200. The lowest BCUT2D eigenvalue weighted by molar-refractivity contribution is -0.385. The first-order valence-corrected chi connectivity index (χ1v) is 9.32. The van der Waals surface area contributed by atoms with E-state index < -0.39 is 41.0 Å². The topological polar surface area (TPSA) is 98.5 Å². The average Bonchev–Trinajstić information content (AvgIpc) is 3.25. The zero-order chi connectivity index (χ0) is 20.8. The first-order valence-electron chi connectivity index (χ1n) is 8.44. The molecule has 29 heavy (non-hydrogen) atoms. The molecule has 0 aliphatic carbocycles. The maximum absolute atomic E-state index is 13.2. The number of hydrogen-bond acceptors (Lipinski definition) is 6. The lowest BCUT2D eigenvalue weighted by atomic mass is 10.1. The van der Waals surface area contributed by atoms with Crippen molar-refractivity contribution in [3.05, 3.63) is 98.0 Å². The van der Waals surface area contributed by atoms with Gasteiger partial charge in [0.25, 0.3) is 11.6 Å². The van der Waals surface area contributed by atoms with Gasteiger partial charge in [-0.1, -0.05) is 30.3 Å². The molecule has 0 saturated heterocycles. The van der Waals surface area contributed by atoms with Gasteiger partial charge in [0.15, 0.2) is 6.61 Å². The summed E-state index contributed by atoms with van der Waals surface area (Å²) in [5, 5.41) is 15.6. The van der Waals surface area contributed by atoms with Crippen LogP contribution in [0.3, 0.4) is 0 Å². The monoisotopic (exact) mass is 414 g/mol. The Bertz CT molecular complexity index is 1020. The molecule has 1 amide bonds. The molecule has 1 aromatic heterocycles. The van der Waals surface area contributed by atoms with Crippen LogP contribution in [0.4, 0.5) is 10.1 Å². The Morgan fingerprint density at radius 3 is 2.48 bits per heavy atom. The molecule has 0 fully saturated rings. The second kappa shape index (κ2) is 9.07. The number of amides is 1. The van der Waals surface area contributed by atoms with Gasteiger partial charge < -0.3 is 10.1 Å². The number of benzene rings is 2. The van der Waals surface area contributed by atoms with Crippen LogP contribution >= 0.6 is 11.3 Å². The maximum atomic E-state index is 13.2. The minimum atomic E-state index is -0.970. The van der Waals surface area contributed by atoms with E-state index in [2.05, 4.69) is 5.32 Å². The highest BCUT2D eigenvalue weighted by atomic mass is 32.1. The standard InChI is InChI=1S/C20H15FN2O5S/c21-14-9-7-13(8-10-14)19(17-6-3-11-29-17)22-18(24)12-28-20(25)15-4-1-2-5-16(15)23(26)27/h1-11,19H,12H2,(H,22,24)/t19-/m0/s1. The predicted molar refractivity (Wildman–Crippen MR) is 104 cm³/mol. The molecule has 0 aliphatic heterocycles. The van der Waals surface area contributed by atoms with Crippen molar-refractivity contribution in [2.45, 2.75) is 6.04 Å². The van der Waals surface area contributed by atoms with Gasteiger partial charge in [0.1, 0.15) is 11.4 Å². The summed E-state index contributed by atoms with van der Waals surface area (Å²) in [6.07, 6.45) is 0. The Morgan fingerprint density at radius 1 is 1.10 bits per heavy atom. The minimum Gasteiger partial charge on any atom is -0.452 e. The van der Waals surface area contributed by atoms with Gasteiger partial charge in [0, 0.05) is 10.9 Å². The van der Waals surface area contributed by atoms with Crippen LogP contribution in [0.15, 0.2) is 66.0 Å². The van der Waals surface area contributed by atoms with Gasteiger partial charge in [0.2, 0.25) is 0 Å². The number of carbonyl (C=O) groups is 2. The minimum absolute atomic E-state index is 0.237. The van der Waals surface area contributed by atoms with Crippen molar-refractivity contribution in [3.63, 3.8) is 0 Å². The molecule has 1 N–H and O–H groups in total. The first kappa shape index (κ1) is 20.2. The van der Waals surface area contributed by atoms with Gasteiger partial charge in [-0.3, -0.25) is 14.9 Å². The van der Waals surface area contributed by atoms with E-state index in [0.717, 1.165) is 4.88 Å². The third-order valence-electron chi connectivity index (χ3n) is 3.99. The zero-order valence-corrected chi connectivity index (χ0v) is 15.7. The Morgan fingerprint density at radius 2 is 1.83 bits per heavy atom. The number of nitro benzene ring substituents is 1. The van der Waals surface area contributed by atoms with E-state index in [9.17, 15) is 24.1 Å². The molecule has 1 atom stereocenters. The van der Waals surface area contributed by atoms with Crippen molar-refractivity contribution < 1.29 is 23.6 Å². The number of hydrogen-bond donors (Lipinski definition) is 1. The predicted octanol–water partition coefficient (Wildman–Crippen LogP) is 3.86. The normalized spacial score (nSPS) is 11.5. The van der Waals surface area contributed by atoms with E-state index in [-0.39, 0.29) is 5.56 Å². The third-order valence-corrected chi connectivity index (χ3v) is 4.93. The fourth-order valence-corrected chi connectivity index (χ4v) is 3.45. The largest absolute Gasteiger partial charge is 0.452 e. The van der Waals surface area contributed by atoms with Crippen molar-refractivity contribution >= 4 is 28.9 Å². The van der Waals surface area contributed by atoms with Crippen molar-refractivity contribution in [2.75, 3.05) is 6.61 Å². The second-order valence-electron chi connectivity index (χ2n) is 5.92. The molecule has 0 spiro atoms. The second-order valence-corrected chi connectivity index (χ2v) is 6.90. The van der Waals surface area contributed by atoms with Crippen LogP contribution in [0.1, 0.15) is 26.8 Å². The van der Waals surface area contributed by atoms with Crippen molar-refractivity contribution in [3.8, 4) is 0 Å². The molecule has 0 saturated carbocycles. The molecule has 0 unspecified atom stereocenters. The summed E-state index contributed by atoms with van der Waals surface area (Å²) in [6, 6.07) is 14.1. The van der Waals surface area contributed by atoms with Gasteiger partial charge in [-0.05, 0) is 35.2 Å². The lowest BCUT2D eigenvalue weighted by Gasteiger charge is -2.18. The maximum Gasteiger partial charge on any atom is 0.345 e. The quantitative estimate of drug-likeness (QED) is 0.360.